The molecule has 1 aromatic rings. The third-order valence-electron chi connectivity index (χ3n) is 1.56. The van der Waals surface area contributed by atoms with Crippen molar-refractivity contribution in [3.63, 3.8) is 0 Å². The van der Waals surface area contributed by atoms with Crippen molar-refractivity contribution in [2.75, 3.05) is 12.3 Å². The van der Waals surface area contributed by atoms with Gasteiger partial charge in [0.25, 0.3) is 0 Å². The van der Waals surface area contributed by atoms with E-state index in [1.165, 1.54) is 23.9 Å². The van der Waals surface area contributed by atoms with Gasteiger partial charge in [0.05, 0.1) is 12.2 Å². The number of rotatable bonds is 5. The van der Waals surface area contributed by atoms with Gasteiger partial charge in [-0.2, -0.15) is 4.99 Å². The number of hydrogen-bond donors (Lipinski definition) is 0. The average Bonchev–Trinajstić information content (AvgIpc) is 2.27. The Morgan fingerprint density at radius 2 is 2.00 bits per heavy atom. The Kier molecular flexibility index (Phi) is 5.12. The van der Waals surface area contributed by atoms with Gasteiger partial charge in [-0.15, -0.1) is 11.8 Å². The van der Waals surface area contributed by atoms with E-state index in [2.05, 4.69) is 9.98 Å². The van der Waals surface area contributed by atoms with Gasteiger partial charge in [-0.3, -0.25) is 0 Å². The monoisotopic (exact) mass is 220 g/mol. The van der Waals surface area contributed by atoms with E-state index in [9.17, 15) is 9.59 Å². The van der Waals surface area contributed by atoms with Gasteiger partial charge < -0.3 is 0 Å². The zero-order valence-electron chi connectivity index (χ0n) is 7.84. The van der Waals surface area contributed by atoms with Crippen LogP contribution in [-0.4, -0.2) is 24.5 Å². The lowest BCUT2D eigenvalue weighted by Gasteiger charge is -2.01. The van der Waals surface area contributed by atoms with E-state index in [4.69, 9.17) is 0 Å². The minimum Gasteiger partial charge on any atom is -0.211 e. The maximum absolute atomic E-state index is 10.1. The number of para-hydroxylation sites is 1. The van der Waals surface area contributed by atoms with Crippen molar-refractivity contribution >= 4 is 29.6 Å². The minimum atomic E-state index is 0.410. The molecule has 0 saturated carbocycles. The molecule has 0 heterocycles. The van der Waals surface area contributed by atoms with Gasteiger partial charge in [0.2, 0.25) is 12.2 Å². The lowest BCUT2D eigenvalue weighted by Crippen LogP contribution is -1.84. The third kappa shape index (κ3) is 3.92. The van der Waals surface area contributed by atoms with Crippen LogP contribution in [0.25, 0.3) is 0 Å². The van der Waals surface area contributed by atoms with Crippen LogP contribution in [-0.2, 0) is 9.59 Å². The van der Waals surface area contributed by atoms with Crippen LogP contribution < -0.4 is 0 Å². The van der Waals surface area contributed by atoms with E-state index < -0.39 is 0 Å². The van der Waals surface area contributed by atoms with Crippen molar-refractivity contribution in [1.82, 2.24) is 0 Å². The molecule has 0 aliphatic carbocycles. The molecule has 0 spiro atoms. The Hall–Kier alpha value is -1.67. The molecule has 0 aliphatic rings. The summed E-state index contributed by atoms with van der Waals surface area (Å²) in [6, 6.07) is 7.24. The first-order valence-electron chi connectivity index (χ1n) is 4.22. The van der Waals surface area contributed by atoms with Crippen LogP contribution >= 0.6 is 11.8 Å². The molecule has 0 atom stereocenters. The summed E-state index contributed by atoms with van der Waals surface area (Å²) in [5, 5.41) is 0. The van der Waals surface area contributed by atoms with Gasteiger partial charge in [-0.1, -0.05) is 12.1 Å². The van der Waals surface area contributed by atoms with Crippen LogP contribution in [0.15, 0.2) is 39.1 Å². The third-order valence-corrected chi connectivity index (χ3v) is 2.60. The number of hydrogen-bond acceptors (Lipinski definition) is 5. The van der Waals surface area contributed by atoms with Crippen molar-refractivity contribution in [2.45, 2.75) is 4.90 Å². The van der Waals surface area contributed by atoms with Crippen LogP contribution in [0.1, 0.15) is 0 Å². The Labute approximate surface area is 91.1 Å². The van der Waals surface area contributed by atoms with Gasteiger partial charge in [-0.25, -0.2) is 14.6 Å². The lowest BCUT2D eigenvalue weighted by molar-refractivity contribution is 0.563. The Balaban J connectivity index is 2.66. The quantitative estimate of drug-likeness (QED) is 0.330. The summed E-state index contributed by atoms with van der Waals surface area (Å²) in [5.74, 6) is 0.653. The molecule has 15 heavy (non-hydrogen) atoms. The number of isocyanates is 2. The molecule has 0 unspecified atom stereocenters. The second-order valence-corrected chi connectivity index (χ2v) is 3.63. The molecule has 1 rings (SSSR count). The molecular formula is C10H8N2O2S. The van der Waals surface area contributed by atoms with Crippen LogP contribution in [0.5, 0.6) is 0 Å². The molecule has 1 aromatic carbocycles. The van der Waals surface area contributed by atoms with E-state index in [-0.39, 0.29) is 0 Å². The first kappa shape index (κ1) is 11.4. The van der Waals surface area contributed by atoms with Gasteiger partial charge in [0.15, 0.2) is 0 Å². The number of benzene rings is 1. The van der Waals surface area contributed by atoms with Crippen LogP contribution in [0.3, 0.4) is 0 Å². The van der Waals surface area contributed by atoms with Crippen LogP contribution in [0.4, 0.5) is 5.69 Å². The van der Waals surface area contributed by atoms with E-state index in [0.717, 1.165) is 4.90 Å². The lowest BCUT2D eigenvalue weighted by atomic mass is 10.3. The van der Waals surface area contributed by atoms with E-state index in [1.54, 1.807) is 12.1 Å². The molecule has 0 bridgehead atoms. The van der Waals surface area contributed by atoms with Gasteiger partial charge in [0.1, 0.15) is 0 Å². The van der Waals surface area contributed by atoms with Gasteiger partial charge >= 0.3 is 0 Å². The number of thioether (sulfide) groups is 1. The van der Waals surface area contributed by atoms with E-state index >= 15 is 0 Å². The topological polar surface area (TPSA) is 58.9 Å². The summed E-state index contributed by atoms with van der Waals surface area (Å²) in [4.78, 5) is 27.8. The first-order chi connectivity index (χ1) is 7.38. The summed E-state index contributed by atoms with van der Waals surface area (Å²) in [6.07, 6.45) is 2.97. The van der Waals surface area contributed by atoms with Crippen LogP contribution in [0.2, 0.25) is 0 Å². The highest BCUT2D eigenvalue weighted by Crippen LogP contribution is 2.28. The summed E-state index contributed by atoms with van der Waals surface area (Å²) in [7, 11) is 0. The molecule has 0 saturated heterocycles. The molecule has 0 radical (unpaired) electrons. The van der Waals surface area contributed by atoms with Gasteiger partial charge in [0, 0.05) is 10.6 Å². The zero-order valence-corrected chi connectivity index (χ0v) is 8.66. The highest BCUT2D eigenvalue weighted by atomic mass is 32.2. The standard InChI is InChI=1S/C10H8N2O2S/c13-7-11-5-6-15-10-4-2-1-3-9(10)12-8-14/h1-4H,5-6H2. The van der Waals surface area contributed by atoms with E-state index in [1.807, 2.05) is 12.1 Å². The highest BCUT2D eigenvalue weighted by Gasteiger charge is 1.99. The minimum absolute atomic E-state index is 0.410. The molecule has 0 N–H and O–H groups in total. The molecule has 5 heteroatoms. The molecular weight excluding hydrogens is 212 g/mol. The fraction of sp³-hybridized carbons (Fsp3) is 0.200. The second-order valence-electron chi connectivity index (χ2n) is 2.49. The van der Waals surface area contributed by atoms with E-state index in [0.29, 0.717) is 18.0 Å². The molecule has 0 aromatic heterocycles. The number of carbonyl (C=O) groups excluding carboxylic acids is 2. The average molecular weight is 220 g/mol. The van der Waals surface area contributed by atoms with Crippen LogP contribution in [0, 0.1) is 0 Å². The van der Waals surface area contributed by atoms with Crippen molar-refractivity contribution in [3.05, 3.63) is 24.3 Å². The predicted octanol–water partition coefficient (Wildman–Crippen LogP) is 2.08. The fourth-order valence-electron chi connectivity index (χ4n) is 0.968. The number of nitrogens with zero attached hydrogens (tertiary/aromatic N) is 2. The largest absolute Gasteiger partial charge is 0.240 e. The Bertz CT molecular complexity index is 421. The smallest absolute Gasteiger partial charge is 0.211 e. The van der Waals surface area contributed by atoms with Gasteiger partial charge in [-0.05, 0) is 12.1 Å². The molecule has 0 aliphatic heterocycles. The number of aliphatic imine (C=N–C) groups is 2. The SMILES string of the molecule is O=C=NCCSc1ccccc1N=C=O. The Morgan fingerprint density at radius 3 is 2.73 bits per heavy atom. The highest BCUT2D eigenvalue weighted by molar-refractivity contribution is 7.99. The Morgan fingerprint density at radius 1 is 1.20 bits per heavy atom. The second kappa shape index (κ2) is 6.74. The predicted molar refractivity (Wildman–Crippen MR) is 57.9 cm³/mol. The summed E-state index contributed by atoms with van der Waals surface area (Å²) >= 11 is 1.48. The van der Waals surface area contributed by atoms with Crippen molar-refractivity contribution in [2.24, 2.45) is 9.98 Å². The maximum Gasteiger partial charge on any atom is 0.240 e. The molecule has 4 nitrogen and oxygen atoms in total. The first-order valence-corrected chi connectivity index (χ1v) is 5.20. The summed E-state index contributed by atoms with van der Waals surface area (Å²) in [5.41, 5.74) is 0.590. The van der Waals surface area contributed by atoms with Crippen molar-refractivity contribution in [3.8, 4) is 0 Å². The molecule has 0 amide bonds. The molecule has 0 fully saturated rings. The fourth-order valence-corrected chi connectivity index (χ4v) is 1.81. The maximum atomic E-state index is 10.1. The summed E-state index contributed by atoms with van der Waals surface area (Å²) in [6.45, 7) is 0.410. The molecule has 76 valence electrons. The van der Waals surface area contributed by atoms with Crippen molar-refractivity contribution < 1.29 is 9.59 Å². The van der Waals surface area contributed by atoms with Crippen molar-refractivity contribution in [1.29, 1.82) is 0 Å². The zero-order chi connectivity index (χ0) is 10.9. The normalized spacial score (nSPS) is 8.80. The summed E-state index contributed by atoms with van der Waals surface area (Å²) < 4.78 is 0.